The van der Waals surface area contributed by atoms with E-state index in [0.717, 1.165) is 22.9 Å². The number of benzene rings is 1. The Hall–Kier alpha value is -1.97. The van der Waals surface area contributed by atoms with Crippen LogP contribution in [0.3, 0.4) is 0 Å². The lowest BCUT2D eigenvalue weighted by Crippen LogP contribution is -2.19. The standard InChI is InChI=1S/C17H16ClN3/c1-19-17(10-12-6-8-20-11-15(12)18)14-4-5-16-13(9-14)3-2-7-21-16/h2-9,11,17,19H,10H2,1H3. The third-order valence-corrected chi connectivity index (χ3v) is 4.00. The Bertz CT molecular complexity index is 758. The second kappa shape index (κ2) is 6.20. The number of rotatable bonds is 4. The number of likely N-dealkylation sites (N-methyl/N-ethyl adjacent to an activating group) is 1. The predicted molar refractivity (Wildman–Crippen MR) is 86.5 cm³/mol. The Morgan fingerprint density at radius 2 is 2.10 bits per heavy atom. The molecule has 0 aliphatic heterocycles. The van der Waals surface area contributed by atoms with Gasteiger partial charge in [-0.05, 0) is 48.9 Å². The molecular formula is C17H16ClN3. The molecule has 0 fully saturated rings. The number of fused-ring (bicyclic) bond motifs is 1. The van der Waals surface area contributed by atoms with Gasteiger partial charge < -0.3 is 5.32 Å². The number of nitrogens with one attached hydrogen (secondary N) is 1. The molecule has 0 aliphatic carbocycles. The molecule has 106 valence electrons. The first kappa shape index (κ1) is 14.0. The molecule has 0 saturated heterocycles. The van der Waals surface area contributed by atoms with E-state index < -0.39 is 0 Å². The van der Waals surface area contributed by atoms with Gasteiger partial charge in [0.05, 0.1) is 10.5 Å². The lowest BCUT2D eigenvalue weighted by molar-refractivity contribution is 0.592. The zero-order chi connectivity index (χ0) is 14.7. The summed E-state index contributed by atoms with van der Waals surface area (Å²) < 4.78 is 0. The van der Waals surface area contributed by atoms with E-state index in [1.165, 1.54) is 5.56 Å². The summed E-state index contributed by atoms with van der Waals surface area (Å²) in [7, 11) is 1.97. The smallest absolute Gasteiger partial charge is 0.0702 e. The third kappa shape index (κ3) is 3.04. The third-order valence-electron chi connectivity index (χ3n) is 3.66. The molecule has 1 unspecified atom stereocenters. The Morgan fingerprint density at radius 3 is 2.90 bits per heavy atom. The highest BCUT2D eigenvalue weighted by Crippen LogP contribution is 2.24. The lowest BCUT2D eigenvalue weighted by atomic mass is 9.98. The molecule has 4 heteroatoms. The van der Waals surface area contributed by atoms with E-state index in [4.69, 9.17) is 11.6 Å². The quantitative estimate of drug-likeness (QED) is 0.796. The molecule has 1 atom stereocenters. The summed E-state index contributed by atoms with van der Waals surface area (Å²) in [4.78, 5) is 8.39. The topological polar surface area (TPSA) is 37.8 Å². The normalized spacial score (nSPS) is 12.5. The highest BCUT2D eigenvalue weighted by molar-refractivity contribution is 6.31. The minimum atomic E-state index is 0.203. The molecule has 3 nitrogen and oxygen atoms in total. The SMILES string of the molecule is CNC(Cc1ccncc1Cl)c1ccc2ncccc2c1. The molecule has 0 amide bonds. The minimum absolute atomic E-state index is 0.203. The van der Waals surface area contributed by atoms with Crippen molar-refractivity contribution in [2.75, 3.05) is 7.05 Å². The van der Waals surface area contributed by atoms with Crippen LogP contribution in [0.4, 0.5) is 0 Å². The van der Waals surface area contributed by atoms with Crippen LogP contribution in [0.5, 0.6) is 0 Å². The van der Waals surface area contributed by atoms with Gasteiger partial charge in [0.25, 0.3) is 0 Å². The highest BCUT2D eigenvalue weighted by Gasteiger charge is 2.12. The van der Waals surface area contributed by atoms with E-state index in [1.807, 2.05) is 25.4 Å². The van der Waals surface area contributed by atoms with Crippen molar-refractivity contribution >= 4 is 22.5 Å². The van der Waals surface area contributed by atoms with Gasteiger partial charge >= 0.3 is 0 Å². The molecule has 21 heavy (non-hydrogen) atoms. The fourth-order valence-corrected chi connectivity index (χ4v) is 2.68. The fourth-order valence-electron chi connectivity index (χ4n) is 2.49. The van der Waals surface area contributed by atoms with Crippen LogP contribution in [0.25, 0.3) is 10.9 Å². The van der Waals surface area contributed by atoms with Crippen LogP contribution in [-0.2, 0) is 6.42 Å². The predicted octanol–water partition coefficient (Wildman–Crippen LogP) is 3.79. The van der Waals surface area contributed by atoms with Crippen LogP contribution in [0.2, 0.25) is 5.02 Å². The summed E-state index contributed by atoms with van der Waals surface area (Å²) in [5.74, 6) is 0. The monoisotopic (exact) mass is 297 g/mol. The van der Waals surface area contributed by atoms with Gasteiger partial charge in [0.2, 0.25) is 0 Å². The summed E-state index contributed by atoms with van der Waals surface area (Å²) in [5, 5.41) is 5.22. The molecule has 0 spiro atoms. The lowest BCUT2D eigenvalue weighted by Gasteiger charge is -2.18. The van der Waals surface area contributed by atoms with Crippen molar-refractivity contribution < 1.29 is 0 Å². The summed E-state index contributed by atoms with van der Waals surface area (Å²) in [6.07, 6.45) is 6.10. The molecule has 0 aliphatic rings. The Morgan fingerprint density at radius 1 is 1.19 bits per heavy atom. The average molecular weight is 298 g/mol. The molecule has 0 radical (unpaired) electrons. The second-order valence-corrected chi connectivity index (χ2v) is 5.38. The summed E-state index contributed by atoms with van der Waals surface area (Å²) in [6.45, 7) is 0. The van der Waals surface area contributed by atoms with E-state index in [0.29, 0.717) is 5.02 Å². The summed E-state index contributed by atoms with van der Waals surface area (Å²) in [6, 6.07) is 12.6. The van der Waals surface area contributed by atoms with Gasteiger partial charge in [0.15, 0.2) is 0 Å². The summed E-state index contributed by atoms with van der Waals surface area (Å²) >= 11 is 6.21. The van der Waals surface area contributed by atoms with Crippen molar-refractivity contribution in [3.05, 3.63) is 71.1 Å². The first-order valence-electron chi connectivity index (χ1n) is 6.88. The summed E-state index contributed by atoms with van der Waals surface area (Å²) in [5.41, 5.74) is 3.33. The zero-order valence-electron chi connectivity index (χ0n) is 11.8. The molecule has 0 bridgehead atoms. The maximum absolute atomic E-state index is 6.21. The maximum Gasteiger partial charge on any atom is 0.0702 e. The molecule has 3 rings (SSSR count). The number of halogens is 1. The molecule has 0 saturated carbocycles. The number of hydrogen-bond acceptors (Lipinski definition) is 3. The molecule has 1 aromatic carbocycles. The number of aromatic nitrogens is 2. The van der Waals surface area contributed by atoms with Gasteiger partial charge in [-0.15, -0.1) is 0 Å². The first-order chi connectivity index (χ1) is 10.3. The van der Waals surface area contributed by atoms with E-state index in [2.05, 4.69) is 39.6 Å². The Kier molecular flexibility index (Phi) is 4.13. The van der Waals surface area contributed by atoms with Gasteiger partial charge in [-0.2, -0.15) is 0 Å². The van der Waals surface area contributed by atoms with Crippen molar-refractivity contribution in [1.29, 1.82) is 0 Å². The van der Waals surface area contributed by atoms with Crippen LogP contribution in [0.1, 0.15) is 17.2 Å². The van der Waals surface area contributed by atoms with Gasteiger partial charge in [0, 0.05) is 30.0 Å². The Balaban J connectivity index is 1.93. The maximum atomic E-state index is 6.21. The largest absolute Gasteiger partial charge is 0.313 e. The molecule has 1 N–H and O–H groups in total. The van der Waals surface area contributed by atoms with E-state index in [9.17, 15) is 0 Å². The number of pyridine rings is 2. The van der Waals surface area contributed by atoms with Gasteiger partial charge in [0.1, 0.15) is 0 Å². The van der Waals surface area contributed by atoms with Crippen molar-refractivity contribution in [3.8, 4) is 0 Å². The van der Waals surface area contributed by atoms with Crippen LogP contribution >= 0.6 is 11.6 Å². The second-order valence-electron chi connectivity index (χ2n) is 4.97. The van der Waals surface area contributed by atoms with E-state index in [1.54, 1.807) is 12.4 Å². The van der Waals surface area contributed by atoms with Crippen molar-refractivity contribution in [2.24, 2.45) is 0 Å². The van der Waals surface area contributed by atoms with Crippen LogP contribution in [-0.4, -0.2) is 17.0 Å². The average Bonchev–Trinajstić information content (AvgIpc) is 2.54. The zero-order valence-corrected chi connectivity index (χ0v) is 12.5. The molecule has 2 aromatic heterocycles. The number of hydrogen-bond donors (Lipinski definition) is 1. The van der Waals surface area contributed by atoms with E-state index in [-0.39, 0.29) is 6.04 Å². The van der Waals surface area contributed by atoms with Crippen LogP contribution in [0.15, 0.2) is 55.0 Å². The Labute approximate surface area is 129 Å². The van der Waals surface area contributed by atoms with Gasteiger partial charge in [-0.25, -0.2) is 0 Å². The minimum Gasteiger partial charge on any atom is -0.313 e. The first-order valence-corrected chi connectivity index (χ1v) is 7.26. The van der Waals surface area contributed by atoms with Gasteiger partial charge in [-0.1, -0.05) is 23.7 Å². The highest BCUT2D eigenvalue weighted by atomic mass is 35.5. The van der Waals surface area contributed by atoms with Crippen LogP contribution < -0.4 is 5.32 Å². The van der Waals surface area contributed by atoms with Crippen molar-refractivity contribution in [1.82, 2.24) is 15.3 Å². The van der Waals surface area contributed by atoms with Gasteiger partial charge in [-0.3, -0.25) is 9.97 Å². The molecular weight excluding hydrogens is 282 g/mol. The van der Waals surface area contributed by atoms with Crippen molar-refractivity contribution in [3.63, 3.8) is 0 Å². The van der Waals surface area contributed by atoms with Crippen LogP contribution in [0, 0.1) is 0 Å². The fraction of sp³-hybridized carbons (Fsp3) is 0.176. The molecule has 2 heterocycles. The van der Waals surface area contributed by atoms with E-state index >= 15 is 0 Å². The number of nitrogens with zero attached hydrogens (tertiary/aromatic N) is 2. The molecule has 3 aromatic rings. The van der Waals surface area contributed by atoms with Crippen molar-refractivity contribution in [2.45, 2.75) is 12.5 Å².